The SMILES string of the molecule is Cc1cc(=O)n2nc(CSc3nc(NC4CC4)c4ccccc4n3)sc2n1. The molecular formula is C18H16N6OS2. The first-order valence-corrected chi connectivity index (χ1v) is 10.5. The van der Waals surface area contributed by atoms with Crippen LogP contribution in [0.3, 0.4) is 0 Å². The molecule has 0 spiro atoms. The molecule has 4 aromatic rings. The van der Waals surface area contributed by atoms with Crippen molar-refractivity contribution in [3.05, 3.63) is 51.4 Å². The van der Waals surface area contributed by atoms with E-state index < -0.39 is 0 Å². The molecule has 0 atom stereocenters. The Morgan fingerprint density at radius 3 is 2.96 bits per heavy atom. The second-order valence-corrected chi connectivity index (χ2v) is 8.49. The normalized spacial score (nSPS) is 14.1. The number of fused-ring (bicyclic) bond motifs is 2. The highest BCUT2D eigenvalue weighted by Crippen LogP contribution is 2.31. The molecule has 7 nitrogen and oxygen atoms in total. The van der Waals surface area contributed by atoms with E-state index in [0.717, 1.165) is 21.7 Å². The summed E-state index contributed by atoms with van der Waals surface area (Å²) in [5.74, 6) is 1.48. The number of aromatic nitrogens is 5. The van der Waals surface area contributed by atoms with Gasteiger partial charge in [0.1, 0.15) is 10.8 Å². The number of aryl methyl sites for hydroxylation is 1. The van der Waals surface area contributed by atoms with Crippen molar-refractivity contribution in [3.63, 3.8) is 0 Å². The van der Waals surface area contributed by atoms with Crippen LogP contribution in [0.25, 0.3) is 15.9 Å². The first kappa shape index (κ1) is 16.6. The lowest BCUT2D eigenvalue weighted by atomic mass is 10.2. The summed E-state index contributed by atoms with van der Waals surface area (Å²) in [5.41, 5.74) is 1.48. The number of rotatable bonds is 5. The molecule has 1 aromatic carbocycles. The summed E-state index contributed by atoms with van der Waals surface area (Å²) in [6, 6.07) is 10.0. The van der Waals surface area contributed by atoms with Crippen LogP contribution in [0.2, 0.25) is 0 Å². The van der Waals surface area contributed by atoms with E-state index in [9.17, 15) is 4.79 Å². The summed E-state index contributed by atoms with van der Waals surface area (Å²) in [6.07, 6.45) is 2.38. The Bertz CT molecular complexity index is 1210. The number of benzene rings is 1. The zero-order valence-electron chi connectivity index (χ0n) is 14.5. The van der Waals surface area contributed by atoms with Gasteiger partial charge in [0, 0.05) is 23.2 Å². The van der Waals surface area contributed by atoms with Crippen molar-refractivity contribution >= 4 is 44.8 Å². The molecule has 136 valence electrons. The van der Waals surface area contributed by atoms with Gasteiger partial charge in [-0.3, -0.25) is 4.79 Å². The summed E-state index contributed by atoms with van der Waals surface area (Å²) in [5, 5.41) is 10.4. The fraction of sp³-hybridized carbons (Fsp3) is 0.278. The summed E-state index contributed by atoms with van der Waals surface area (Å²) < 4.78 is 1.36. The molecule has 1 saturated carbocycles. The largest absolute Gasteiger partial charge is 0.367 e. The van der Waals surface area contributed by atoms with Crippen LogP contribution in [0.15, 0.2) is 40.3 Å². The molecule has 0 bridgehead atoms. The van der Waals surface area contributed by atoms with Gasteiger partial charge in [0.15, 0.2) is 5.16 Å². The molecule has 1 N–H and O–H groups in total. The number of thioether (sulfide) groups is 1. The lowest BCUT2D eigenvalue weighted by Gasteiger charge is -2.09. The Morgan fingerprint density at radius 2 is 2.11 bits per heavy atom. The molecule has 3 aromatic heterocycles. The second kappa shape index (κ2) is 6.58. The third-order valence-electron chi connectivity index (χ3n) is 4.24. The van der Waals surface area contributed by atoms with Crippen molar-refractivity contribution in [2.45, 2.75) is 36.7 Å². The maximum absolute atomic E-state index is 12.0. The Hall–Kier alpha value is -2.52. The lowest BCUT2D eigenvalue weighted by Crippen LogP contribution is -2.14. The molecule has 0 saturated heterocycles. The molecule has 1 aliphatic rings. The zero-order valence-corrected chi connectivity index (χ0v) is 16.2. The van der Waals surface area contributed by atoms with Crippen LogP contribution in [0.1, 0.15) is 23.5 Å². The molecular weight excluding hydrogens is 380 g/mol. The fourth-order valence-corrected chi connectivity index (χ4v) is 4.58. The smallest absolute Gasteiger partial charge is 0.275 e. The van der Waals surface area contributed by atoms with E-state index in [1.165, 1.54) is 46.5 Å². The van der Waals surface area contributed by atoms with Crippen LogP contribution < -0.4 is 10.9 Å². The number of anilines is 1. The van der Waals surface area contributed by atoms with Gasteiger partial charge in [-0.05, 0) is 31.9 Å². The van der Waals surface area contributed by atoms with E-state index in [-0.39, 0.29) is 5.56 Å². The molecule has 1 aliphatic carbocycles. The summed E-state index contributed by atoms with van der Waals surface area (Å²) in [6.45, 7) is 1.81. The van der Waals surface area contributed by atoms with Gasteiger partial charge >= 0.3 is 0 Å². The van der Waals surface area contributed by atoms with E-state index in [4.69, 9.17) is 4.98 Å². The average Bonchev–Trinajstić information content (AvgIpc) is 3.37. The van der Waals surface area contributed by atoms with E-state index in [0.29, 0.717) is 27.6 Å². The van der Waals surface area contributed by atoms with Crippen LogP contribution in [0.5, 0.6) is 0 Å². The van der Waals surface area contributed by atoms with Crippen molar-refractivity contribution in [3.8, 4) is 0 Å². The molecule has 3 heterocycles. The monoisotopic (exact) mass is 396 g/mol. The summed E-state index contributed by atoms with van der Waals surface area (Å²) in [4.78, 5) is 26.4. The van der Waals surface area contributed by atoms with E-state index in [1.807, 2.05) is 31.2 Å². The fourth-order valence-electron chi connectivity index (χ4n) is 2.80. The third-order valence-corrected chi connectivity index (χ3v) is 6.19. The van der Waals surface area contributed by atoms with Crippen LogP contribution in [0.4, 0.5) is 5.82 Å². The van der Waals surface area contributed by atoms with E-state index in [1.54, 1.807) is 0 Å². The van der Waals surface area contributed by atoms with Crippen LogP contribution >= 0.6 is 23.1 Å². The van der Waals surface area contributed by atoms with Gasteiger partial charge in [-0.15, -0.1) is 0 Å². The minimum atomic E-state index is -0.150. The van der Waals surface area contributed by atoms with Crippen molar-refractivity contribution in [2.75, 3.05) is 5.32 Å². The molecule has 5 rings (SSSR count). The van der Waals surface area contributed by atoms with Crippen LogP contribution in [0, 0.1) is 6.92 Å². The molecule has 1 fully saturated rings. The van der Waals surface area contributed by atoms with Gasteiger partial charge in [0.05, 0.1) is 11.3 Å². The van der Waals surface area contributed by atoms with Crippen LogP contribution in [-0.4, -0.2) is 30.6 Å². The highest BCUT2D eigenvalue weighted by atomic mass is 32.2. The van der Waals surface area contributed by atoms with Gasteiger partial charge in [-0.1, -0.05) is 35.2 Å². The van der Waals surface area contributed by atoms with Gasteiger partial charge in [0.2, 0.25) is 4.96 Å². The maximum atomic E-state index is 12.0. The Labute approximate surface area is 162 Å². The molecule has 0 amide bonds. The standard InChI is InChI=1S/C18H16N6OS2/c1-10-8-15(25)24-18(19-10)27-14(23-24)9-26-17-21-13-5-3-2-4-12(13)16(22-17)20-11-6-7-11/h2-5,8,11H,6-7,9H2,1H3,(H,20,21,22). The number of hydrogen-bond donors (Lipinski definition) is 1. The Balaban J connectivity index is 1.44. The molecule has 0 unspecified atom stereocenters. The van der Waals surface area contributed by atoms with Gasteiger partial charge < -0.3 is 5.32 Å². The average molecular weight is 397 g/mol. The highest BCUT2D eigenvalue weighted by Gasteiger charge is 2.23. The van der Waals surface area contributed by atoms with Gasteiger partial charge in [0.25, 0.3) is 5.56 Å². The molecule has 0 aliphatic heterocycles. The predicted octanol–water partition coefficient (Wildman–Crippen LogP) is 3.27. The highest BCUT2D eigenvalue weighted by molar-refractivity contribution is 7.98. The van der Waals surface area contributed by atoms with Crippen LogP contribution in [-0.2, 0) is 5.75 Å². The number of para-hydroxylation sites is 1. The van der Waals surface area contributed by atoms with Crippen molar-refractivity contribution < 1.29 is 0 Å². The lowest BCUT2D eigenvalue weighted by molar-refractivity contribution is 0.869. The first-order chi connectivity index (χ1) is 13.2. The molecule has 0 radical (unpaired) electrons. The minimum Gasteiger partial charge on any atom is -0.367 e. The summed E-state index contributed by atoms with van der Waals surface area (Å²) in [7, 11) is 0. The summed E-state index contributed by atoms with van der Waals surface area (Å²) >= 11 is 2.94. The third kappa shape index (κ3) is 3.40. The van der Waals surface area contributed by atoms with E-state index in [2.05, 4.69) is 20.4 Å². The maximum Gasteiger partial charge on any atom is 0.275 e. The van der Waals surface area contributed by atoms with Crippen molar-refractivity contribution in [1.82, 2.24) is 24.6 Å². The van der Waals surface area contributed by atoms with Crippen molar-refractivity contribution in [1.29, 1.82) is 0 Å². The zero-order chi connectivity index (χ0) is 18.4. The van der Waals surface area contributed by atoms with Crippen molar-refractivity contribution in [2.24, 2.45) is 0 Å². The number of nitrogens with zero attached hydrogens (tertiary/aromatic N) is 5. The topological polar surface area (TPSA) is 85.1 Å². The number of hydrogen-bond acceptors (Lipinski definition) is 8. The molecule has 27 heavy (non-hydrogen) atoms. The molecule has 9 heteroatoms. The van der Waals surface area contributed by atoms with Gasteiger partial charge in [-0.2, -0.15) is 9.61 Å². The Kier molecular flexibility index (Phi) is 4.05. The second-order valence-electron chi connectivity index (χ2n) is 6.51. The van der Waals surface area contributed by atoms with E-state index >= 15 is 0 Å². The predicted molar refractivity (Wildman–Crippen MR) is 108 cm³/mol. The Morgan fingerprint density at radius 1 is 1.26 bits per heavy atom. The quantitative estimate of drug-likeness (QED) is 0.409. The minimum absolute atomic E-state index is 0.150. The first-order valence-electron chi connectivity index (χ1n) is 8.68. The van der Waals surface area contributed by atoms with Gasteiger partial charge in [-0.25, -0.2) is 15.0 Å². The number of nitrogens with one attached hydrogen (secondary N) is 1.